The zero-order valence-corrected chi connectivity index (χ0v) is 12.5. The minimum absolute atomic E-state index is 0.0482. The molecule has 116 valence electrons. The van der Waals surface area contributed by atoms with Crippen LogP contribution < -0.4 is 10.6 Å². The minimum Gasteiger partial charge on any atom is -0.314 e. The van der Waals surface area contributed by atoms with E-state index in [9.17, 15) is 8.78 Å². The van der Waals surface area contributed by atoms with Gasteiger partial charge in [-0.05, 0) is 62.8 Å². The molecule has 0 bridgehead atoms. The maximum atomic E-state index is 13.4. The second kappa shape index (κ2) is 6.41. The highest BCUT2D eigenvalue weighted by Crippen LogP contribution is 2.33. The van der Waals surface area contributed by atoms with Crippen molar-refractivity contribution in [3.05, 3.63) is 35.4 Å². The Hall–Kier alpha value is -1.00. The van der Waals surface area contributed by atoms with Gasteiger partial charge in [0.2, 0.25) is 0 Å². The van der Waals surface area contributed by atoms with Gasteiger partial charge in [0.25, 0.3) is 0 Å². The van der Waals surface area contributed by atoms with Crippen molar-refractivity contribution in [2.45, 2.75) is 57.2 Å². The van der Waals surface area contributed by atoms with E-state index in [0.717, 1.165) is 12.1 Å². The molecular weight excluding hydrogens is 270 g/mol. The smallest absolute Gasteiger partial charge is 0.159 e. The summed E-state index contributed by atoms with van der Waals surface area (Å²) in [6, 6.07) is 5.35. The number of hydrogen-bond acceptors (Lipinski definition) is 2. The van der Waals surface area contributed by atoms with Crippen LogP contribution in [0.4, 0.5) is 8.78 Å². The molecule has 1 aromatic carbocycles. The van der Waals surface area contributed by atoms with E-state index in [0.29, 0.717) is 18.0 Å². The molecule has 1 aromatic rings. The number of halogens is 2. The molecule has 3 rings (SSSR count). The van der Waals surface area contributed by atoms with Crippen LogP contribution in [0.5, 0.6) is 0 Å². The Labute approximate surface area is 125 Å². The molecule has 1 aliphatic carbocycles. The van der Waals surface area contributed by atoms with Crippen LogP contribution >= 0.6 is 0 Å². The van der Waals surface area contributed by atoms with E-state index >= 15 is 0 Å². The van der Waals surface area contributed by atoms with Crippen LogP contribution in [0.2, 0.25) is 0 Å². The highest BCUT2D eigenvalue weighted by atomic mass is 19.2. The van der Waals surface area contributed by atoms with Gasteiger partial charge in [-0.2, -0.15) is 0 Å². The van der Waals surface area contributed by atoms with Crippen molar-refractivity contribution in [3.8, 4) is 0 Å². The van der Waals surface area contributed by atoms with Crippen LogP contribution in [0.15, 0.2) is 18.2 Å². The van der Waals surface area contributed by atoms with Crippen LogP contribution in [0, 0.1) is 17.6 Å². The lowest BCUT2D eigenvalue weighted by atomic mass is 9.92. The first-order valence-corrected chi connectivity index (χ1v) is 8.09. The largest absolute Gasteiger partial charge is 0.314 e. The first kappa shape index (κ1) is 14.9. The summed E-state index contributed by atoms with van der Waals surface area (Å²) < 4.78 is 26.4. The molecule has 2 N–H and O–H groups in total. The average molecular weight is 294 g/mol. The fraction of sp³-hybridized carbons (Fsp3) is 0.647. The fourth-order valence-electron chi connectivity index (χ4n) is 3.95. The summed E-state index contributed by atoms with van der Waals surface area (Å²) in [7, 11) is 0. The number of benzene rings is 1. The third kappa shape index (κ3) is 3.27. The molecule has 0 radical (unpaired) electrons. The highest BCUT2D eigenvalue weighted by molar-refractivity contribution is 5.21. The molecule has 21 heavy (non-hydrogen) atoms. The van der Waals surface area contributed by atoms with Gasteiger partial charge in [-0.3, -0.25) is 0 Å². The number of nitrogens with one attached hydrogen (secondary N) is 2. The molecule has 1 heterocycles. The van der Waals surface area contributed by atoms with E-state index in [4.69, 9.17) is 0 Å². The second-order valence-corrected chi connectivity index (χ2v) is 6.47. The van der Waals surface area contributed by atoms with E-state index in [1.54, 1.807) is 6.07 Å². The van der Waals surface area contributed by atoms with Crippen LogP contribution in [-0.2, 0) is 0 Å². The summed E-state index contributed by atoms with van der Waals surface area (Å²) in [5.74, 6) is -0.873. The lowest BCUT2D eigenvalue weighted by molar-refractivity contribution is 0.303. The van der Waals surface area contributed by atoms with Gasteiger partial charge in [0.05, 0.1) is 0 Å². The molecule has 1 aliphatic heterocycles. The summed E-state index contributed by atoms with van der Waals surface area (Å²) in [6.45, 7) is 3.16. The first-order chi connectivity index (χ1) is 10.1. The Morgan fingerprint density at radius 2 is 2.00 bits per heavy atom. The third-order valence-electron chi connectivity index (χ3n) is 5.09. The lowest BCUT2D eigenvalue weighted by Crippen LogP contribution is -2.42. The van der Waals surface area contributed by atoms with E-state index in [1.807, 2.05) is 6.92 Å². The highest BCUT2D eigenvalue weighted by Gasteiger charge is 2.35. The summed E-state index contributed by atoms with van der Waals surface area (Å²) in [4.78, 5) is 0. The third-order valence-corrected chi connectivity index (χ3v) is 5.09. The van der Waals surface area contributed by atoms with Crippen LogP contribution in [-0.4, -0.2) is 18.6 Å². The normalized spacial score (nSPS) is 30.7. The first-order valence-electron chi connectivity index (χ1n) is 8.09. The predicted molar refractivity (Wildman–Crippen MR) is 80.1 cm³/mol. The molecule has 2 nitrogen and oxygen atoms in total. The average Bonchev–Trinajstić information content (AvgIpc) is 3.12. The Balaban J connectivity index is 1.65. The van der Waals surface area contributed by atoms with Crippen LogP contribution in [0.1, 0.15) is 50.6 Å². The van der Waals surface area contributed by atoms with Gasteiger partial charge in [0.1, 0.15) is 0 Å². The Kier molecular flexibility index (Phi) is 4.55. The Morgan fingerprint density at radius 1 is 1.14 bits per heavy atom. The SMILES string of the molecule is CC(NC1CCCC1C1CCCN1)c1ccc(F)c(F)c1. The van der Waals surface area contributed by atoms with E-state index < -0.39 is 11.6 Å². The summed E-state index contributed by atoms with van der Waals surface area (Å²) in [5.41, 5.74) is 0.818. The van der Waals surface area contributed by atoms with Gasteiger partial charge in [-0.25, -0.2) is 8.78 Å². The van der Waals surface area contributed by atoms with Crippen molar-refractivity contribution in [1.82, 2.24) is 10.6 Å². The van der Waals surface area contributed by atoms with Crippen molar-refractivity contribution >= 4 is 0 Å². The van der Waals surface area contributed by atoms with Gasteiger partial charge in [-0.1, -0.05) is 12.5 Å². The summed E-state index contributed by atoms with van der Waals surface area (Å²) in [6.07, 6.45) is 6.23. The van der Waals surface area contributed by atoms with Crippen molar-refractivity contribution in [3.63, 3.8) is 0 Å². The molecule has 2 aliphatic rings. The minimum atomic E-state index is -0.778. The molecule has 0 aromatic heterocycles. The van der Waals surface area contributed by atoms with E-state index in [2.05, 4.69) is 10.6 Å². The Morgan fingerprint density at radius 3 is 2.71 bits per heavy atom. The summed E-state index contributed by atoms with van der Waals surface area (Å²) in [5, 5.41) is 7.25. The maximum absolute atomic E-state index is 13.4. The standard InChI is InChI=1S/C17H24F2N2/c1-11(12-7-8-14(18)15(19)10-12)21-17-5-2-4-13(17)16-6-3-9-20-16/h7-8,10-11,13,16-17,20-21H,2-6,9H2,1H3. The number of hydrogen-bond donors (Lipinski definition) is 2. The van der Waals surface area contributed by atoms with Gasteiger partial charge in [0.15, 0.2) is 11.6 Å². The molecule has 4 unspecified atom stereocenters. The van der Waals surface area contributed by atoms with Crippen molar-refractivity contribution in [2.24, 2.45) is 5.92 Å². The maximum Gasteiger partial charge on any atom is 0.159 e. The molecule has 2 fully saturated rings. The molecule has 0 spiro atoms. The van der Waals surface area contributed by atoms with Gasteiger partial charge >= 0.3 is 0 Å². The fourth-order valence-corrected chi connectivity index (χ4v) is 3.95. The van der Waals surface area contributed by atoms with E-state index in [-0.39, 0.29) is 6.04 Å². The predicted octanol–water partition coefficient (Wildman–Crippen LogP) is 3.54. The van der Waals surface area contributed by atoms with Crippen molar-refractivity contribution in [1.29, 1.82) is 0 Å². The molecular formula is C17H24F2N2. The molecule has 4 heteroatoms. The second-order valence-electron chi connectivity index (χ2n) is 6.47. The quantitative estimate of drug-likeness (QED) is 0.887. The van der Waals surface area contributed by atoms with Gasteiger partial charge in [-0.15, -0.1) is 0 Å². The van der Waals surface area contributed by atoms with Crippen LogP contribution in [0.25, 0.3) is 0 Å². The zero-order chi connectivity index (χ0) is 14.8. The molecule has 4 atom stereocenters. The summed E-state index contributed by atoms with van der Waals surface area (Å²) >= 11 is 0. The molecule has 1 saturated heterocycles. The van der Waals surface area contributed by atoms with Gasteiger partial charge in [0, 0.05) is 18.1 Å². The van der Waals surface area contributed by atoms with E-state index in [1.165, 1.54) is 44.2 Å². The zero-order valence-electron chi connectivity index (χ0n) is 12.5. The monoisotopic (exact) mass is 294 g/mol. The lowest BCUT2D eigenvalue weighted by Gasteiger charge is -2.29. The number of rotatable bonds is 4. The van der Waals surface area contributed by atoms with Crippen molar-refractivity contribution < 1.29 is 8.78 Å². The van der Waals surface area contributed by atoms with Crippen molar-refractivity contribution in [2.75, 3.05) is 6.54 Å². The van der Waals surface area contributed by atoms with Gasteiger partial charge < -0.3 is 10.6 Å². The topological polar surface area (TPSA) is 24.1 Å². The van der Waals surface area contributed by atoms with Crippen LogP contribution in [0.3, 0.4) is 0 Å². The Bertz CT molecular complexity index is 486. The molecule has 1 saturated carbocycles. The molecule has 0 amide bonds.